The highest BCUT2D eigenvalue weighted by atomic mass is 32.2. The van der Waals surface area contributed by atoms with Crippen LogP contribution in [-0.2, 0) is 4.79 Å². The van der Waals surface area contributed by atoms with E-state index in [1.54, 1.807) is 42.4 Å². The number of halogens is 1. The van der Waals surface area contributed by atoms with Crippen molar-refractivity contribution in [2.45, 2.75) is 6.92 Å². The van der Waals surface area contributed by atoms with E-state index < -0.39 is 0 Å². The maximum atomic E-state index is 13.1. The summed E-state index contributed by atoms with van der Waals surface area (Å²) in [6.45, 7) is 2.42. The number of furan rings is 1. The Labute approximate surface area is 177 Å². The van der Waals surface area contributed by atoms with Gasteiger partial charge >= 0.3 is 0 Å². The van der Waals surface area contributed by atoms with Gasteiger partial charge in [0.05, 0.1) is 17.7 Å². The van der Waals surface area contributed by atoms with Gasteiger partial charge in [-0.25, -0.2) is 9.38 Å². The Morgan fingerprint density at radius 2 is 1.83 bits per heavy atom. The number of amides is 1. The normalized spacial score (nSPS) is 16.6. The Hall–Kier alpha value is -3.32. The molecule has 1 aliphatic rings. The summed E-state index contributed by atoms with van der Waals surface area (Å²) in [6.07, 6.45) is 1.71. The number of rotatable bonds is 5. The monoisotopic (exact) mass is 422 g/mol. The lowest BCUT2D eigenvalue weighted by atomic mass is 10.2. The number of nitrogens with zero attached hydrogens (tertiary/aromatic N) is 2. The Morgan fingerprint density at radius 3 is 2.50 bits per heavy atom. The van der Waals surface area contributed by atoms with Crippen LogP contribution in [0.5, 0.6) is 5.75 Å². The molecule has 30 heavy (non-hydrogen) atoms. The van der Waals surface area contributed by atoms with E-state index in [-0.39, 0.29) is 11.7 Å². The Kier molecular flexibility index (Phi) is 5.72. The zero-order valence-corrected chi connectivity index (χ0v) is 17.3. The van der Waals surface area contributed by atoms with Crippen molar-refractivity contribution in [3.05, 3.63) is 77.1 Å². The van der Waals surface area contributed by atoms with Gasteiger partial charge in [0.15, 0.2) is 5.17 Å². The molecule has 4 rings (SSSR count). The van der Waals surface area contributed by atoms with Gasteiger partial charge in [-0.15, -0.1) is 0 Å². The maximum Gasteiger partial charge on any atom is 0.266 e. The van der Waals surface area contributed by atoms with Crippen molar-refractivity contribution in [1.82, 2.24) is 4.90 Å². The Bertz CT molecular complexity index is 1120. The molecule has 1 aromatic heterocycles. The van der Waals surface area contributed by atoms with Gasteiger partial charge < -0.3 is 9.15 Å². The number of benzene rings is 2. The molecule has 0 aliphatic carbocycles. The summed E-state index contributed by atoms with van der Waals surface area (Å²) in [7, 11) is 1.61. The number of amidine groups is 1. The zero-order valence-electron chi connectivity index (χ0n) is 16.5. The molecule has 0 bridgehead atoms. The molecule has 152 valence electrons. The summed E-state index contributed by atoms with van der Waals surface area (Å²) in [5, 5.41) is 0.615. The molecule has 1 saturated heterocycles. The molecular formula is C23H19FN2O3S. The SMILES string of the molecule is CCN1C(=O)/C(=C\c2ccc(-c3ccc(F)cc3)o2)SC1=Nc1ccc(OC)cc1. The van der Waals surface area contributed by atoms with Gasteiger partial charge in [-0.1, -0.05) is 0 Å². The first-order chi connectivity index (χ1) is 14.6. The van der Waals surface area contributed by atoms with Crippen LogP contribution in [0.1, 0.15) is 12.7 Å². The van der Waals surface area contributed by atoms with Crippen molar-refractivity contribution in [1.29, 1.82) is 0 Å². The number of likely N-dealkylation sites (N-methyl/N-ethyl adjacent to an activating group) is 1. The lowest BCUT2D eigenvalue weighted by Gasteiger charge is -2.12. The Morgan fingerprint density at radius 1 is 1.10 bits per heavy atom. The molecule has 0 N–H and O–H groups in total. The lowest BCUT2D eigenvalue weighted by Crippen LogP contribution is -2.28. The minimum atomic E-state index is -0.302. The zero-order chi connectivity index (χ0) is 21.1. The van der Waals surface area contributed by atoms with Crippen LogP contribution in [0.25, 0.3) is 17.4 Å². The number of ether oxygens (including phenoxy) is 1. The van der Waals surface area contributed by atoms with Crippen molar-refractivity contribution in [3.63, 3.8) is 0 Å². The second-order valence-electron chi connectivity index (χ2n) is 6.46. The number of hydrogen-bond donors (Lipinski definition) is 0. The topological polar surface area (TPSA) is 55.0 Å². The van der Waals surface area contributed by atoms with E-state index >= 15 is 0 Å². The molecule has 1 aliphatic heterocycles. The molecule has 7 heteroatoms. The van der Waals surface area contributed by atoms with Crippen molar-refractivity contribution in [2.75, 3.05) is 13.7 Å². The quantitative estimate of drug-likeness (QED) is 0.494. The number of aliphatic imine (C=N–C) groups is 1. The number of thioether (sulfide) groups is 1. The predicted molar refractivity (Wildman–Crippen MR) is 117 cm³/mol. The minimum Gasteiger partial charge on any atom is -0.497 e. The highest BCUT2D eigenvalue weighted by Crippen LogP contribution is 2.35. The molecule has 2 aromatic carbocycles. The van der Waals surface area contributed by atoms with E-state index in [9.17, 15) is 9.18 Å². The van der Waals surface area contributed by atoms with Gasteiger partial charge in [-0.2, -0.15) is 0 Å². The van der Waals surface area contributed by atoms with Crippen LogP contribution in [0.15, 0.2) is 75.0 Å². The molecule has 0 spiro atoms. The summed E-state index contributed by atoms with van der Waals surface area (Å²) >= 11 is 1.30. The third kappa shape index (κ3) is 4.16. The molecule has 0 saturated carbocycles. The van der Waals surface area contributed by atoms with E-state index in [0.29, 0.717) is 28.1 Å². The first-order valence-corrected chi connectivity index (χ1v) is 10.2. The number of carbonyl (C=O) groups is 1. The standard InChI is InChI=1S/C23H19FN2O3S/c1-3-26-22(27)21(30-23(26)25-17-8-10-18(28-2)11-9-17)14-19-12-13-20(29-19)15-4-6-16(24)7-5-15/h4-14H,3H2,1-2H3/b21-14+,25-23?. The fourth-order valence-electron chi connectivity index (χ4n) is 2.97. The highest BCUT2D eigenvalue weighted by Gasteiger charge is 2.32. The molecule has 0 radical (unpaired) electrons. The van der Waals surface area contributed by atoms with Gasteiger partial charge in [0, 0.05) is 18.2 Å². The summed E-state index contributed by atoms with van der Waals surface area (Å²) in [5.41, 5.74) is 1.51. The fourth-order valence-corrected chi connectivity index (χ4v) is 4.01. The van der Waals surface area contributed by atoms with Gasteiger partial charge in [0.2, 0.25) is 0 Å². The molecule has 3 aromatic rings. The van der Waals surface area contributed by atoms with E-state index in [1.807, 2.05) is 31.2 Å². The summed E-state index contributed by atoms with van der Waals surface area (Å²) in [5.74, 6) is 1.49. The summed E-state index contributed by atoms with van der Waals surface area (Å²) in [6, 6.07) is 17.0. The molecule has 1 amide bonds. The van der Waals surface area contributed by atoms with Gasteiger partial charge in [-0.05, 0) is 79.3 Å². The molecule has 0 atom stereocenters. The highest BCUT2D eigenvalue weighted by molar-refractivity contribution is 8.18. The average molecular weight is 422 g/mol. The van der Waals surface area contributed by atoms with E-state index in [1.165, 1.54) is 23.9 Å². The Balaban J connectivity index is 1.58. The largest absolute Gasteiger partial charge is 0.497 e. The maximum absolute atomic E-state index is 13.1. The summed E-state index contributed by atoms with van der Waals surface area (Å²) in [4.78, 5) is 19.6. The van der Waals surface area contributed by atoms with Gasteiger partial charge in [-0.3, -0.25) is 9.69 Å². The van der Waals surface area contributed by atoms with Crippen LogP contribution in [-0.4, -0.2) is 29.6 Å². The molecule has 1 fully saturated rings. The van der Waals surface area contributed by atoms with E-state index in [0.717, 1.165) is 17.0 Å². The number of hydrogen-bond acceptors (Lipinski definition) is 5. The van der Waals surface area contributed by atoms with Gasteiger partial charge in [0.25, 0.3) is 5.91 Å². The van der Waals surface area contributed by atoms with E-state index in [2.05, 4.69) is 4.99 Å². The second kappa shape index (κ2) is 8.59. The van der Waals surface area contributed by atoms with Crippen LogP contribution >= 0.6 is 11.8 Å². The van der Waals surface area contributed by atoms with Crippen LogP contribution in [0, 0.1) is 5.82 Å². The van der Waals surface area contributed by atoms with Crippen LogP contribution in [0.3, 0.4) is 0 Å². The first-order valence-electron chi connectivity index (χ1n) is 9.37. The fraction of sp³-hybridized carbons (Fsp3) is 0.130. The molecular weight excluding hydrogens is 403 g/mol. The minimum absolute atomic E-state index is 0.116. The van der Waals surface area contributed by atoms with E-state index in [4.69, 9.17) is 9.15 Å². The van der Waals surface area contributed by atoms with Crippen molar-refractivity contribution < 1.29 is 18.3 Å². The van der Waals surface area contributed by atoms with Crippen molar-refractivity contribution in [3.8, 4) is 17.1 Å². The summed E-state index contributed by atoms with van der Waals surface area (Å²) < 4.78 is 24.1. The molecule has 0 unspecified atom stereocenters. The van der Waals surface area contributed by atoms with Crippen LogP contribution < -0.4 is 4.74 Å². The predicted octanol–water partition coefficient (Wildman–Crippen LogP) is 5.72. The number of methoxy groups -OCH3 is 1. The first kappa shape index (κ1) is 20.0. The van der Waals surface area contributed by atoms with Gasteiger partial charge in [0.1, 0.15) is 23.1 Å². The second-order valence-corrected chi connectivity index (χ2v) is 7.47. The number of carbonyl (C=O) groups excluding carboxylic acids is 1. The van der Waals surface area contributed by atoms with Crippen molar-refractivity contribution >= 4 is 34.6 Å². The lowest BCUT2D eigenvalue weighted by molar-refractivity contribution is -0.122. The van der Waals surface area contributed by atoms with Crippen LogP contribution in [0.4, 0.5) is 10.1 Å². The molecule has 5 nitrogen and oxygen atoms in total. The van der Waals surface area contributed by atoms with Crippen LogP contribution in [0.2, 0.25) is 0 Å². The average Bonchev–Trinajstić information content (AvgIpc) is 3.34. The third-order valence-corrected chi connectivity index (χ3v) is 5.54. The van der Waals surface area contributed by atoms with Crippen molar-refractivity contribution in [2.24, 2.45) is 4.99 Å². The third-order valence-electron chi connectivity index (χ3n) is 4.53. The molecule has 2 heterocycles. The smallest absolute Gasteiger partial charge is 0.266 e.